The maximum Gasteiger partial charge on any atom is 0.244 e. The highest BCUT2D eigenvalue weighted by atomic mass is 16.5. The number of nitrogens with one attached hydrogen (secondary N) is 1. The van der Waals surface area contributed by atoms with Gasteiger partial charge in [-0.3, -0.25) is 10.1 Å². The van der Waals surface area contributed by atoms with Gasteiger partial charge in [-0.15, -0.1) is 0 Å². The Balaban J connectivity index is 1.74. The number of methoxy groups -OCH3 is 1. The molecule has 3 rings (SSSR count). The molecule has 2 heterocycles. The first-order valence-corrected chi connectivity index (χ1v) is 8.09. The monoisotopic (exact) mass is 330 g/mol. The fourth-order valence-corrected chi connectivity index (χ4v) is 3.10. The van der Waals surface area contributed by atoms with E-state index < -0.39 is 0 Å². The maximum absolute atomic E-state index is 12.8. The summed E-state index contributed by atoms with van der Waals surface area (Å²) in [5.74, 6) is 1.42. The largest absolute Gasteiger partial charge is 0.495 e. The van der Waals surface area contributed by atoms with E-state index in [1.54, 1.807) is 24.3 Å². The van der Waals surface area contributed by atoms with Crippen LogP contribution in [0.1, 0.15) is 24.6 Å². The first kappa shape index (κ1) is 16.5. The van der Waals surface area contributed by atoms with E-state index in [-0.39, 0.29) is 24.6 Å². The van der Waals surface area contributed by atoms with Crippen molar-refractivity contribution < 1.29 is 19.1 Å². The average Bonchev–Trinajstić information content (AvgIpc) is 3.25. The maximum atomic E-state index is 12.8. The number of nitrogens with zero attached hydrogens (tertiary/aromatic N) is 1. The Morgan fingerprint density at radius 2 is 2.21 bits per heavy atom. The third kappa shape index (κ3) is 3.29. The molecule has 1 amide bonds. The molecule has 2 unspecified atom stereocenters. The molecule has 0 saturated carbocycles. The molecule has 2 atom stereocenters. The first-order valence-electron chi connectivity index (χ1n) is 8.09. The Morgan fingerprint density at radius 3 is 2.92 bits per heavy atom. The number of ether oxygens (including phenoxy) is 1. The van der Waals surface area contributed by atoms with Crippen LogP contribution in [-0.2, 0) is 4.79 Å². The van der Waals surface area contributed by atoms with E-state index in [9.17, 15) is 9.90 Å². The fraction of sp³-hybridized carbons (Fsp3) is 0.389. The molecule has 24 heavy (non-hydrogen) atoms. The van der Waals surface area contributed by atoms with E-state index in [0.29, 0.717) is 25.1 Å². The number of amides is 1. The molecule has 1 aromatic carbocycles. The second kappa shape index (κ2) is 7.51. The van der Waals surface area contributed by atoms with Gasteiger partial charge in [0.1, 0.15) is 11.5 Å². The van der Waals surface area contributed by atoms with Crippen LogP contribution in [0.4, 0.5) is 5.69 Å². The molecule has 6 heteroatoms. The number of carbonyl (C=O) groups is 1. The summed E-state index contributed by atoms with van der Waals surface area (Å²) in [6.07, 6.45) is 2.78. The van der Waals surface area contributed by atoms with E-state index in [1.165, 1.54) is 0 Å². The van der Waals surface area contributed by atoms with Crippen LogP contribution in [0.5, 0.6) is 5.75 Å². The van der Waals surface area contributed by atoms with Crippen LogP contribution in [0.3, 0.4) is 0 Å². The van der Waals surface area contributed by atoms with Gasteiger partial charge in [-0.25, -0.2) is 0 Å². The molecule has 0 spiro atoms. The van der Waals surface area contributed by atoms with Crippen LogP contribution >= 0.6 is 0 Å². The van der Waals surface area contributed by atoms with Crippen molar-refractivity contribution in [2.75, 3.05) is 25.2 Å². The van der Waals surface area contributed by atoms with E-state index in [0.717, 1.165) is 11.4 Å². The Hall–Kier alpha value is -2.31. The van der Waals surface area contributed by atoms with Crippen molar-refractivity contribution in [3.05, 3.63) is 48.4 Å². The number of hydrogen-bond acceptors (Lipinski definition) is 5. The highest BCUT2D eigenvalue weighted by Crippen LogP contribution is 2.31. The molecular weight excluding hydrogens is 308 g/mol. The zero-order chi connectivity index (χ0) is 16.9. The smallest absolute Gasteiger partial charge is 0.244 e. The van der Waals surface area contributed by atoms with Gasteiger partial charge in [0.15, 0.2) is 0 Å². The zero-order valence-electron chi connectivity index (χ0n) is 13.6. The molecule has 6 nitrogen and oxygen atoms in total. The summed E-state index contributed by atoms with van der Waals surface area (Å²) in [7, 11) is 1.60. The molecule has 1 saturated heterocycles. The average molecular weight is 330 g/mol. The van der Waals surface area contributed by atoms with E-state index in [4.69, 9.17) is 9.15 Å². The van der Waals surface area contributed by atoms with Crippen molar-refractivity contribution >= 4 is 11.6 Å². The van der Waals surface area contributed by atoms with Crippen molar-refractivity contribution in [3.8, 4) is 5.75 Å². The van der Waals surface area contributed by atoms with Gasteiger partial charge < -0.3 is 19.2 Å². The number of rotatable bonds is 7. The van der Waals surface area contributed by atoms with Gasteiger partial charge in [-0.05, 0) is 37.1 Å². The number of anilines is 1. The summed E-state index contributed by atoms with van der Waals surface area (Å²) >= 11 is 0. The third-order valence-corrected chi connectivity index (χ3v) is 4.29. The lowest BCUT2D eigenvalue weighted by Gasteiger charge is -2.22. The van der Waals surface area contributed by atoms with Crippen molar-refractivity contribution in [1.82, 2.24) is 5.32 Å². The number of para-hydroxylation sites is 2. The number of benzene rings is 1. The third-order valence-electron chi connectivity index (χ3n) is 4.29. The Labute approximate surface area is 141 Å². The fourth-order valence-electron chi connectivity index (χ4n) is 3.10. The highest BCUT2D eigenvalue weighted by Gasteiger charge is 2.35. The number of aliphatic hydroxyl groups is 1. The van der Waals surface area contributed by atoms with Crippen molar-refractivity contribution in [1.29, 1.82) is 0 Å². The van der Waals surface area contributed by atoms with Gasteiger partial charge >= 0.3 is 0 Å². The molecule has 0 radical (unpaired) electrons. The molecule has 2 aromatic rings. The van der Waals surface area contributed by atoms with Crippen molar-refractivity contribution in [3.63, 3.8) is 0 Å². The lowest BCUT2D eigenvalue weighted by Crippen LogP contribution is -2.40. The second-order valence-corrected chi connectivity index (χ2v) is 5.75. The lowest BCUT2D eigenvalue weighted by atomic mass is 10.1. The van der Waals surface area contributed by atoms with Gasteiger partial charge in [0.05, 0.1) is 31.1 Å². The van der Waals surface area contributed by atoms with Crippen LogP contribution in [0, 0.1) is 0 Å². The minimum atomic E-state index is -0.309. The quantitative estimate of drug-likeness (QED) is 0.813. The van der Waals surface area contributed by atoms with Gasteiger partial charge in [-0.2, -0.15) is 0 Å². The summed E-state index contributed by atoms with van der Waals surface area (Å²) in [5, 5.41) is 12.6. The minimum Gasteiger partial charge on any atom is -0.495 e. The second-order valence-electron chi connectivity index (χ2n) is 5.75. The van der Waals surface area contributed by atoms with E-state index >= 15 is 0 Å². The number of carbonyl (C=O) groups excluding carboxylic acids is 1. The van der Waals surface area contributed by atoms with E-state index in [2.05, 4.69) is 5.32 Å². The Bertz CT molecular complexity index is 671. The SMILES string of the molecule is COc1ccccc1N1CCC(NC(CCO)c2ccco2)C1=O. The molecule has 1 aromatic heterocycles. The van der Waals surface area contributed by atoms with Crippen LogP contribution in [0.2, 0.25) is 0 Å². The summed E-state index contributed by atoms with van der Waals surface area (Å²) in [6.45, 7) is 0.649. The lowest BCUT2D eigenvalue weighted by molar-refractivity contribution is -0.119. The predicted molar refractivity (Wildman–Crippen MR) is 90.0 cm³/mol. The Morgan fingerprint density at radius 1 is 1.38 bits per heavy atom. The molecule has 1 fully saturated rings. The summed E-state index contributed by atoms with van der Waals surface area (Å²) in [4.78, 5) is 14.5. The standard InChI is InChI=1S/C18H22N2O4/c1-23-17-6-3-2-5-15(17)20-10-8-14(18(20)22)19-13(9-11-21)16-7-4-12-24-16/h2-7,12-14,19,21H,8-11H2,1H3. The molecule has 0 bridgehead atoms. The molecule has 1 aliphatic rings. The van der Waals surface area contributed by atoms with Crippen LogP contribution < -0.4 is 15.0 Å². The van der Waals surface area contributed by atoms with Crippen LogP contribution in [-0.4, -0.2) is 37.3 Å². The molecule has 0 aliphatic carbocycles. The first-order chi connectivity index (χ1) is 11.7. The number of hydrogen-bond donors (Lipinski definition) is 2. The molecule has 128 valence electrons. The molecule has 1 aliphatic heterocycles. The van der Waals surface area contributed by atoms with Crippen LogP contribution in [0.15, 0.2) is 47.1 Å². The van der Waals surface area contributed by atoms with Crippen LogP contribution in [0.25, 0.3) is 0 Å². The van der Waals surface area contributed by atoms with Gasteiger partial charge in [0, 0.05) is 13.2 Å². The van der Waals surface area contributed by atoms with Gasteiger partial charge in [0.2, 0.25) is 5.91 Å². The number of aliphatic hydroxyl groups excluding tert-OH is 1. The molecular formula is C18H22N2O4. The van der Waals surface area contributed by atoms with Crippen molar-refractivity contribution in [2.24, 2.45) is 0 Å². The predicted octanol–water partition coefficient (Wildman–Crippen LogP) is 2.11. The Kier molecular flexibility index (Phi) is 5.17. The highest BCUT2D eigenvalue weighted by molar-refractivity contribution is 6.00. The van der Waals surface area contributed by atoms with Gasteiger partial charge in [0.25, 0.3) is 0 Å². The zero-order valence-corrected chi connectivity index (χ0v) is 13.6. The van der Waals surface area contributed by atoms with Crippen molar-refractivity contribution in [2.45, 2.75) is 24.9 Å². The topological polar surface area (TPSA) is 74.9 Å². The minimum absolute atomic E-state index is 0.00833. The summed E-state index contributed by atoms with van der Waals surface area (Å²) in [6, 6.07) is 10.7. The normalized spacial score (nSPS) is 18.8. The van der Waals surface area contributed by atoms with Gasteiger partial charge in [-0.1, -0.05) is 12.1 Å². The summed E-state index contributed by atoms with van der Waals surface area (Å²) < 4.78 is 10.8. The summed E-state index contributed by atoms with van der Waals surface area (Å²) in [5.41, 5.74) is 0.783. The molecule has 2 N–H and O–H groups in total. The van der Waals surface area contributed by atoms with E-state index in [1.807, 2.05) is 30.3 Å². The number of furan rings is 1.